The van der Waals surface area contributed by atoms with Gasteiger partial charge in [-0.15, -0.1) is 0 Å². The van der Waals surface area contributed by atoms with E-state index in [-0.39, 0.29) is 11.5 Å². The molecule has 2 atom stereocenters. The van der Waals surface area contributed by atoms with Gasteiger partial charge >= 0.3 is 0 Å². The van der Waals surface area contributed by atoms with Crippen LogP contribution >= 0.6 is 0 Å². The number of hydrogen-bond donors (Lipinski definition) is 2. The Kier molecular flexibility index (Phi) is 4.51. The highest BCUT2D eigenvalue weighted by molar-refractivity contribution is 5.76. The number of nitrogens with zero attached hydrogens (tertiary/aromatic N) is 3. The molecule has 1 aliphatic heterocycles. The average Bonchev–Trinajstić information content (AvgIpc) is 3.42. The summed E-state index contributed by atoms with van der Waals surface area (Å²) < 4.78 is 0. The first-order valence-corrected chi connectivity index (χ1v) is 10.4. The minimum absolute atomic E-state index is 0.116. The van der Waals surface area contributed by atoms with Crippen molar-refractivity contribution in [3.63, 3.8) is 0 Å². The van der Waals surface area contributed by atoms with E-state index >= 15 is 0 Å². The monoisotopic (exact) mass is 377 g/mol. The first-order chi connectivity index (χ1) is 13.7. The van der Waals surface area contributed by atoms with Gasteiger partial charge in [-0.25, -0.2) is 4.98 Å². The second-order valence-corrected chi connectivity index (χ2v) is 8.53. The summed E-state index contributed by atoms with van der Waals surface area (Å²) in [6.07, 6.45) is 4.81. The van der Waals surface area contributed by atoms with Crippen LogP contribution < -0.4 is 5.56 Å². The second kappa shape index (κ2) is 7.17. The predicted molar refractivity (Wildman–Crippen MR) is 109 cm³/mol. The van der Waals surface area contributed by atoms with E-state index in [1.54, 1.807) is 0 Å². The van der Waals surface area contributed by atoms with Crippen LogP contribution in [0.4, 0.5) is 0 Å². The number of aromatic amines is 2. The zero-order valence-corrected chi connectivity index (χ0v) is 16.3. The molecule has 1 saturated heterocycles. The molecule has 6 nitrogen and oxygen atoms in total. The van der Waals surface area contributed by atoms with Crippen LogP contribution in [0.5, 0.6) is 0 Å². The summed E-state index contributed by atoms with van der Waals surface area (Å²) in [5.74, 6) is 1.97. The van der Waals surface area contributed by atoms with Crippen molar-refractivity contribution >= 4 is 11.0 Å². The van der Waals surface area contributed by atoms with Gasteiger partial charge in [0.25, 0.3) is 5.56 Å². The van der Waals surface area contributed by atoms with E-state index in [4.69, 9.17) is 4.98 Å². The summed E-state index contributed by atoms with van der Waals surface area (Å²) in [6, 6.07) is 10.6. The zero-order valence-electron chi connectivity index (χ0n) is 16.3. The van der Waals surface area contributed by atoms with Crippen LogP contribution in [0.3, 0.4) is 0 Å². The van der Waals surface area contributed by atoms with Crippen LogP contribution in [0.15, 0.2) is 35.1 Å². The van der Waals surface area contributed by atoms with Crippen LogP contribution in [0, 0.1) is 5.92 Å². The molecule has 0 radical (unpaired) electrons. The second-order valence-electron chi connectivity index (χ2n) is 8.53. The third-order valence-corrected chi connectivity index (χ3v) is 6.51. The van der Waals surface area contributed by atoms with Crippen LogP contribution in [-0.4, -0.2) is 38.2 Å². The van der Waals surface area contributed by atoms with Crippen LogP contribution in [0.2, 0.25) is 0 Å². The van der Waals surface area contributed by atoms with Gasteiger partial charge in [-0.05, 0) is 24.3 Å². The summed E-state index contributed by atoms with van der Waals surface area (Å²) in [6.45, 7) is 5.13. The lowest BCUT2D eigenvalue weighted by atomic mass is 9.97. The van der Waals surface area contributed by atoms with Gasteiger partial charge in [-0.2, -0.15) is 5.10 Å². The first kappa shape index (κ1) is 17.6. The van der Waals surface area contributed by atoms with Gasteiger partial charge in [-0.3, -0.25) is 14.8 Å². The van der Waals surface area contributed by atoms with E-state index < -0.39 is 0 Å². The highest BCUT2D eigenvalue weighted by Crippen LogP contribution is 2.36. The topological polar surface area (TPSA) is 77.7 Å². The SMILES string of the molecule is CC1CN(Cc2ccccc2)CC1c1nc2c(C3CCCC3)[nH]nc2c(=O)[nH]1. The molecule has 146 valence electrons. The van der Waals surface area contributed by atoms with Gasteiger partial charge in [0, 0.05) is 31.5 Å². The molecule has 0 bridgehead atoms. The van der Waals surface area contributed by atoms with Gasteiger partial charge in [0.05, 0.1) is 5.69 Å². The largest absolute Gasteiger partial charge is 0.308 e. The lowest BCUT2D eigenvalue weighted by Gasteiger charge is -2.16. The maximum absolute atomic E-state index is 12.7. The lowest BCUT2D eigenvalue weighted by Crippen LogP contribution is -2.21. The molecule has 1 saturated carbocycles. The van der Waals surface area contributed by atoms with E-state index in [1.807, 2.05) is 0 Å². The Morgan fingerprint density at radius 1 is 1.11 bits per heavy atom. The van der Waals surface area contributed by atoms with E-state index in [0.29, 0.717) is 17.4 Å². The standard InChI is InChI=1S/C22H27N5O/c1-14-11-27(12-15-7-3-2-4-8-15)13-17(14)21-23-19-18(16-9-5-6-10-16)25-26-20(19)22(28)24-21/h2-4,7-8,14,16-17H,5-6,9-13H2,1H3,(H,25,26)(H,23,24,28). The Labute approximate surface area is 164 Å². The molecule has 2 unspecified atom stereocenters. The third kappa shape index (κ3) is 3.15. The number of H-pyrrole nitrogens is 2. The summed E-state index contributed by atoms with van der Waals surface area (Å²) in [4.78, 5) is 23.1. The van der Waals surface area contributed by atoms with Crippen molar-refractivity contribution in [2.45, 2.75) is 51.0 Å². The van der Waals surface area contributed by atoms with Gasteiger partial charge < -0.3 is 4.98 Å². The van der Waals surface area contributed by atoms with E-state index in [9.17, 15) is 4.79 Å². The van der Waals surface area contributed by atoms with Crippen LogP contribution in [-0.2, 0) is 6.54 Å². The van der Waals surface area contributed by atoms with Crippen molar-refractivity contribution in [1.29, 1.82) is 0 Å². The van der Waals surface area contributed by atoms with Crippen molar-refractivity contribution in [2.75, 3.05) is 13.1 Å². The Hall–Kier alpha value is -2.47. The first-order valence-electron chi connectivity index (χ1n) is 10.4. The quantitative estimate of drug-likeness (QED) is 0.729. The van der Waals surface area contributed by atoms with Crippen molar-refractivity contribution in [2.24, 2.45) is 5.92 Å². The molecule has 2 N–H and O–H groups in total. The number of rotatable bonds is 4. The smallest absolute Gasteiger partial charge is 0.279 e. The van der Waals surface area contributed by atoms with Gasteiger partial charge in [-0.1, -0.05) is 50.1 Å². The molecule has 3 heterocycles. The Morgan fingerprint density at radius 2 is 1.89 bits per heavy atom. The number of benzene rings is 1. The number of aromatic nitrogens is 4. The number of hydrogen-bond acceptors (Lipinski definition) is 4. The molecular formula is C22H27N5O. The van der Waals surface area contributed by atoms with Gasteiger partial charge in [0.15, 0.2) is 5.52 Å². The molecule has 0 spiro atoms. The Balaban J connectivity index is 1.43. The van der Waals surface area contributed by atoms with Crippen molar-refractivity contribution < 1.29 is 0 Å². The van der Waals surface area contributed by atoms with Crippen molar-refractivity contribution in [3.8, 4) is 0 Å². The third-order valence-electron chi connectivity index (χ3n) is 6.51. The average molecular weight is 377 g/mol. The Morgan fingerprint density at radius 3 is 2.68 bits per heavy atom. The predicted octanol–water partition coefficient (Wildman–Crippen LogP) is 3.54. The molecule has 3 aromatic rings. The maximum Gasteiger partial charge on any atom is 0.279 e. The number of likely N-dealkylation sites (tertiary alicyclic amines) is 1. The maximum atomic E-state index is 12.7. The summed E-state index contributed by atoms with van der Waals surface area (Å²) in [7, 11) is 0. The normalized spacial score (nSPS) is 23.8. The molecule has 2 fully saturated rings. The lowest BCUT2D eigenvalue weighted by molar-refractivity contribution is 0.318. The Bertz CT molecular complexity index is 1020. The fraction of sp³-hybridized carbons (Fsp3) is 0.500. The summed E-state index contributed by atoms with van der Waals surface area (Å²) in [5, 5.41) is 7.40. The molecule has 1 aromatic carbocycles. The van der Waals surface area contributed by atoms with E-state index in [1.165, 1.54) is 18.4 Å². The molecule has 5 rings (SSSR count). The summed E-state index contributed by atoms with van der Waals surface area (Å²) >= 11 is 0. The minimum Gasteiger partial charge on any atom is -0.308 e. The molecule has 2 aliphatic rings. The highest BCUT2D eigenvalue weighted by atomic mass is 16.1. The van der Waals surface area contributed by atoms with Gasteiger partial charge in [0.1, 0.15) is 11.3 Å². The summed E-state index contributed by atoms with van der Waals surface area (Å²) in [5.41, 5.74) is 3.52. The highest BCUT2D eigenvalue weighted by Gasteiger charge is 2.33. The zero-order chi connectivity index (χ0) is 19.1. The van der Waals surface area contributed by atoms with Crippen molar-refractivity contribution in [3.05, 3.63) is 57.8 Å². The minimum atomic E-state index is -0.116. The fourth-order valence-corrected chi connectivity index (χ4v) is 5.01. The fourth-order valence-electron chi connectivity index (χ4n) is 5.01. The number of fused-ring (bicyclic) bond motifs is 1. The van der Waals surface area contributed by atoms with E-state index in [2.05, 4.69) is 57.3 Å². The molecule has 28 heavy (non-hydrogen) atoms. The molecule has 1 aliphatic carbocycles. The van der Waals surface area contributed by atoms with Crippen LogP contribution in [0.25, 0.3) is 11.0 Å². The van der Waals surface area contributed by atoms with Gasteiger partial charge in [0.2, 0.25) is 0 Å². The molecule has 2 aromatic heterocycles. The van der Waals surface area contributed by atoms with E-state index in [0.717, 1.165) is 49.5 Å². The number of nitrogens with one attached hydrogen (secondary N) is 2. The van der Waals surface area contributed by atoms with Crippen molar-refractivity contribution in [1.82, 2.24) is 25.1 Å². The van der Waals surface area contributed by atoms with Crippen LogP contribution in [0.1, 0.15) is 61.5 Å². The molecular weight excluding hydrogens is 350 g/mol. The molecule has 6 heteroatoms. The molecule has 0 amide bonds.